The molecule has 0 spiro atoms. The number of hydrogen-bond acceptors (Lipinski definition) is 2. The first-order chi connectivity index (χ1) is 7.70. The van der Waals surface area contributed by atoms with E-state index in [0.717, 1.165) is 12.8 Å². The first-order valence-electron chi connectivity index (χ1n) is 5.23. The molecule has 0 aromatic carbocycles. The summed E-state index contributed by atoms with van der Waals surface area (Å²) in [6.07, 6.45) is 9.27. The number of rotatable bonds is 7. The predicted octanol–water partition coefficient (Wildman–Crippen LogP) is 3.40. The Hall–Kier alpha value is -1.08. The van der Waals surface area contributed by atoms with E-state index in [2.05, 4.69) is 18.6 Å². The van der Waals surface area contributed by atoms with Crippen LogP contribution in [0.25, 0.3) is 0 Å². The lowest BCUT2D eigenvalue weighted by Crippen LogP contribution is -2.15. The second kappa shape index (κ2) is 10.4. The van der Waals surface area contributed by atoms with Gasteiger partial charge in [0.1, 0.15) is 6.61 Å². The standard InChI is InChI=1S/C12H20NO2P/c1-4-8-11(2)9-6-5-7-10-15-12(14)13-16-3/h4-5,7-8,16H,1,6,9-10H2,2-3H3,(H,13,14)/b7-5+,11-8+. The monoisotopic (exact) mass is 241 g/mol. The van der Waals surface area contributed by atoms with E-state index < -0.39 is 0 Å². The fourth-order valence-electron chi connectivity index (χ4n) is 1.04. The van der Waals surface area contributed by atoms with Gasteiger partial charge < -0.3 is 9.82 Å². The summed E-state index contributed by atoms with van der Waals surface area (Å²) in [4.78, 5) is 10.9. The van der Waals surface area contributed by atoms with Crippen LogP contribution in [-0.2, 0) is 4.74 Å². The molecule has 0 saturated heterocycles. The Morgan fingerprint density at radius 3 is 2.88 bits per heavy atom. The molecule has 0 aliphatic heterocycles. The van der Waals surface area contributed by atoms with E-state index in [9.17, 15) is 4.79 Å². The van der Waals surface area contributed by atoms with Crippen molar-refractivity contribution in [1.82, 2.24) is 5.09 Å². The van der Waals surface area contributed by atoms with Crippen LogP contribution in [0.2, 0.25) is 0 Å². The van der Waals surface area contributed by atoms with Crippen molar-refractivity contribution in [3.05, 3.63) is 36.5 Å². The van der Waals surface area contributed by atoms with Gasteiger partial charge in [0.15, 0.2) is 0 Å². The van der Waals surface area contributed by atoms with Gasteiger partial charge in [-0.3, -0.25) is 0 Å². The maximum Gasteiger partial charge on any atom is 0.410 e. The Morgan fingerprint density at radius 2 is 2.25 bits per heavy atom. The van der Waals surface area contributed by atoms with E-state index in [4.69, 9.17) is 4.74 Å². The van der Waals surface area contributed by atoms with Gasteiger partial charge >= 0.3 is 6.09 Å². The summed E-state index contributed by atoms with van der Waals surface area (Å²) < 4.78 is 4.88. The van der Waals surface area contributed by atoms with Crippen molar-refractivity contribution in [3.63, 3.8) is 0 Å². The summed E-state index contributed by atoms with van der Waals surface area (Å²) in [6.45, 7) is 7.92. The normalized spacial score (nSPS) is 12.2. The molecule has 16 heavy (non-hydrogen) atoms. The highest BCUT2D eigenvalue weighted by molar-refractivity contribution is 7.35. The zero-order valence-corrected chi connectivity index (χ0v) is 11.0. The number of carbonyl (C=O) groups is 1. The van der Waals surface area contributed by atoms with Crippen LogP contribution in [0.15, 0.2) is 36.5 Å². The van der Waals surface area contributed by atoms with E-state index in [-0.39, 0.29) is 6.09 Å². The third kappa shape index (κ3) is 9.47. The van der Waals surface area contributed by atoms with Crippen molar-refractivity contribution in [1.29, 1.82) is 0 Å². The van der Waals surface area contributed by atoms with Crippen molar-refractivity contribution >= 4 is 14.8 Å². The second-order valence-electron chi connectivity index (χ2n) is 3.23. The molecule has 90 valence electrons. The Bertz CT molecular complexity index is 272. The zero-order chi connectivity index (χ0) is 12.2. The maximum absolute atomic E-state index is 10.9. The molecule has 0 aliphatic carbocycles. The van der Waals surface area contributed by atoms with Crippen LogP contribution in [0.5, 0.6) is 0 Å². The zero-order valence-electron chi connectivity index (χ0n) is 9.95. The SMILES string of the molecule is C=C/C=C(\C)CC/C=C/COC(=O)NPC. The molecule has 0 heterocycles. The van der Waals surface area contributed by atoms with Crippen LogP contribution in [-0.4, -0.2) is 19.4 Å². The number of allylic oxidation sites excluding steroid dienone is 4. The Balaban J connectivity index is 3.52. The molecule has 1 N–H and O–H groups in total. The number of ether oxygens (including phenoxy) is 1. The molecule has 0 saturated carbocycles. The summed E-state index contributed by atoms with van der Waals surface area (Å²) in [5.41, 5.74) is 1.30. The van der Waals surface area contributed by atoms with Gasteiger partial charge in [-0.1, -0.05) is 36.5 Å². The molecule has 1 unspecified atom stereocenters. The number of nitrogens with one attached hydrogen (secondary N) is 1. The van der Waals surface area contributed by atoms with Crippen molar-refractivity contribution < 1.29 is 9.53 Å². The number of amides is 1. The van der Waals surface area contributed by atoms with Gasteiger partial charge in [0, 0.05) is 0 Å². The molecule has 0 rings (SSSR count). The van der Waals surface area contributed by atoms with E-state index >= 15 is 0 Å². The number of carbonyl (C=O) groups excluding carboxylic acids is 1. The fraction of sp³-hybridized carbons (Fsp3) is 0.417. The van der Waals surface area contributed by atoms with Gasteiger partial charge in [-0.05, 0) is 35.2 Å². The van der Waals surface area contributed by atoms with Crippen LogP contribution in [0.1, 0.15) is 19.8 Å². The van der Waals surface area contributed by atoms with E-state index in [1.165, 1.54) is 5.57 Å². The quantitative estimate of drug-likeness (QED) is 0.421. The summed E-state index contributed by atoms with van der Waals surface area (Å²) >= 11 is 0. The van der Waals surface area contributed by atoms with Crippen LogP contribution >= 0.6 is 8.73 Å². The van der Waals surface area contributed by atoms with Crippen LogP contribution in [0.3, 0.4) is 0 Å². The molecule has 0 fully saturated rings. The number of hydrogen-bond donors (Lipinski definition) is 1. The molecule has 0 aromatic heterocycles. The second-order valence-corrected chi connectivity index (χ2v) is 3.98. The molecule has 3 nitrogen and oxygen atoms in total. The lowest BCUT2D eigenvalue weighted by atomic mass is 10.1. The van der Waals surface area contributed by atoms with E-state index in [1.54, 1.807) is 6.08 Å². The molecule has 0 aliphatic rings. The molecule has 0 bridgehead atoms. The average Bonchev–Trinajstić information content (AvgIpc) is 2.24. The first-order valence-corrected chi connectivity index (χ1v) is 6.73. The highest BCUT2D eigenvalue weighted by Crippen LogP contribution is 2.04. The smallest absolute Gasteiger partial charge is 0.410 e. The molecule has 0 aromatic rings. The minimum atomic E-state index is -0.354. The van der Waals surface area contributed by atoms with Crippen molar-refractivity contribution in [2.24, 2.45) is 0 Å². The largest absolute Gasteiger partial charge is 0.445 e. The summed E-state index contributed by atoms with van der Waals surface area (Å²) in [5, 5.41) is 2.58. The van der Waals surface area contributed by atoms with Gasteiger partial charge in [0.25, 0.3) is 0 Å². The van der Waals surface area contributed by atoms with E-state index in [1.807, 2.05) is 24.9 Å². The minimum Gasteiger partial charge on any atom is -0.445 e. The molecule has 1 amide bonds. The van der Waals surface area contributed by atoms with Crippen molar-refractivity contribution in [2.75, 3.05) is 13.3 Å². The molecular weight excluding hydrogens is 221 g/mol. The lowest BCUT2D eigenvalue weighted by molar-refractivity contribution is 0.165. The topological polar surface area (TPSA) is 38.3 Å². The molecule has 4 heteroatoms. The fourth-order valence-corrected chi connectivity index (χ4v) is 1.32. The third-order valence-electron chi connectivity index (χ3n) is 1.81. The molecular formula is C12H20NO2P. The molecule has 1 atom stereocenters. The van der Waals surface area contributed by atoms with Gasteiger partial charge in [-0.25, -0.2) is 4.79 Å². The van der Waals surface area contributed by atoms with Gasteiger partial charge in [-0.2, -0.15) is 0 Å². The van der Waals surface area contributed by atoms with Gasteiger partial charge in [0.2, 0.25) is 0 Å². The average molecular weight is 241 g/mol. The van der Waals surface area contributed by atoms with Crippen LogP contribution in [0.4, 0.5) is 4.79 Å². The van der Waals surface area contributed by atoms with Gasteiger partial charge in [-0.15, -0.1) is 0 Å². The Labute approximate surface area is 99.5 Å². The van der Waals surface area contributed by atoms with Crippen LogP contribution in [0, 0.1) is 0 Å². The highest BCUT2D eigenvalue weighted by atomic mass is 31.1. The summed E-state index contributed by atoms with van der Waals surface area (Å²) in [5.74, 6) is 0. The van der Waals surface area contributed by atoms with Crippen molar-refractivity contribution in [2.45, 2.75) is 19.8 Å². The lowest BCUT2D eigenvalue weighted by Gasteiger charge is -2.01. The highest BCUT2D eigenvalue weighted by Gasteiger charge is 1.95. The van der Waals surface area contributed by atoms with Gasteiger partial charge in [0.05, 0.1) is 0 Å². The molecule has 0 radical (unpaired) electrons. The Morgan fingerprint density at radius 1 is 1.50 bits per heavy atom. The first kappa shape index (κ1) is 14.9. The maximum atomic E-state index is 10.9. The van der Waals surface area contributed by atoms with Crippen molar-refractivity contribution in [3.8, 4) is 0 Å². The minimum absolute atomic E-state index is 0.334. The third-order valence-corrected chi connectivity index (χ3v) is 2.27. The van der Waals surface area contributed by atoms with Crippen LogP contribution < -0.4 is 5.09 Å². The summed E-state index contributed by atoms with van der Waals surface area (Å²) in [7, 11) is 0.381. The van der Waals surface area contributed by atoms with E-state index in [0.29, 0.717) is 15.3 Å². The predicted molar refractivity (Wildman–Crippen MR) is 71.1 cm³/mol. The Kier molecular flexibility index (Phi) is 9.73. The summed E-state index contributed by atoms with van der Waals surface area (Å²) in [6, 6.07) is 0.